The molecular formula is C14H25NO6S. The lowest BCUT2D eigenvalue weighted by atomic mass is 10.0. The van der Waals surface area contributed by atoms with Crippen LogP contribution < -0.4 is 0 Å². The molecule has 0 saturated heterocycles. The smallest absolute Gasteiger partial charge is 0.275 e. The lowest BCUT2D eigenvalue weighted by Crippen LogP contribution is -2.37. The normalized spacial score (nSPS) is 12.5. The molecule has 0 spiro atoms. The molecule has 0 saturated carbocycles. The van der Waals surface area contributed by atoms with Crippen LogP contribution in [0.5, 0.6) is 0 Å². The Balaban J connectivity index is 0. The van der Waals surface area contributed by atoms with Crippen LogP contribution in [0.25, 0.3) is 0 Å². The summed E-state index contributed by atoms with van der Waals surface area (Å²) in [7, 11) is -3.11. The van der Waals surface area contributed by atoms with Crippen molar-refractivity contribution >= 4 is 28.1 Å². The molecule has 1 unspecified atom stereocenters. The number of nitrogens with zero attached hydrogens (tertiary/aromatic N) is 1. The van der Waals surface area contributed by atoms with Gasteiger partial charge in [0.25, 0.3) is 10.1 Å². The predicted molar refractivity (Wildman–Crippen MR) is 84.0 cm³/mol. The van der Waals surface area contributed by atoms with Crippen molar-refractivity contribution in [3.8, 4) is 0 Å². The Labute approximate surface area is 132 Å². The minimum Gasteiger partial charge on any atom is -0.342 e. The molecule has 0 aromatic heterocycles. The third-order valence-corrected chi connectivity index (χ3v) is 3.85. The molecule has 0 rings (SSSR count). The molecular weight excluding hydrogens is 310 g/mol. The number of allylic oxidation sites excluding steroid dienone is 1. The summed E-state index contributed by atoms with van der Waals surface area (Å²) in [5.74, 6) is -1.64. The Morgan fingerprint density at radius 1 is 1.23 bits per heavy atom. The second kappa shape index (κ2) is 11.1. The number of aldehydes is 1. The van der Waals surface area contributed by atoms with E-state index in [0.717, 1.165) is 17.1 Å². The highest BCUT2D eigenvalue weighted by Gasteiger charge is 2.32. The highest BCUT2D eigenvalue weighted by atomic mass is 32.2. The van der Waals surface area contributed by atoms with Crippen LogP contribution in [0.2, 0.25) is 0 Å². The van der Waals surface area contributed by atoms with Crippen LogP contribution in [0, 0.1) is 5.92 Å². The van der Waals surface area contributed by atoms with Gasteiger partial charge in [-0.3, -0.25) is 18.9 Å². The van der Waals surface area contributed by atoms with Crippen LogP contribution in [0.4, 0.5) is 0 Å². The summed E-state index contributed by atoms with van der Waals surface area (Å²) in [5, 5.41) is -1.55. The van der Waals surface area contributed by atoms with Gasteiger partial charge in [0.1, 0.15) is 11.5 Å². The predicted octanol–water partition coefficient (Wildman–Crippen LogP) is 1.10. The quantitative estimate of drug-likeness (QED) is 0.404. The molecule has 0 aliphatic heterocycles. The fraction of sp³-hybridized carbons (Fsp3) is 0.643. The summed E-state index contributed by atoms with van der Waals surface area (Å²) in [6.07, 6.45) is 2.28. The van der Waals surface area contributed by atoms with E-state index < -0.39 is 33.0 Å². The largest absolute Gasteiger partial charge is 0.342 e. The minimum atomic E-state index is -4.51. The number of hydrogen-bond acceptors (Lipinski definition) is 5. The Hall–Kier alpha value is -1.54. The summed E-state index contributed by atoms with van der Waals surface area (Å²) in [6, 6.07) is 0. The van der Waals surface area contributed by atoms with E-state index in [4.69, 9.17) is 4.55 Å². The number of carbonyl (C=O) groups excluding carboxylic acids is 3. The van der Waals surface area contributed by atoms with Gasteiger partial charge in [-0.25, -0.2) is 0 Å². The van der Waals surface area contributed by atoms with E-state index in [-0.39, 0.29) is 13.0 Å². The molecule has 0 aromatic rings. The number of hydrogen-bond donors (Lipinski definition) is 1. The van der Waals surface area contributed by atoms with Gasteiger partial charge in [0, 0.05) is 25.6 Å². The highest BCUT2D eigenvalue weighted by Crippen LogP contribution is 2.12. The van der Waals surface area contributed by atoms with E-state index in [2.05, 4.69) is 0 Å². The Bertz CT molecular complexity index is 495. The molecule has 22 heavy (non-hydrogen) atoms. The van der Waals surface area contributed by atoms with Crippen LogP contribution in [0.1, 0.15) is 34.1 Å². The van der Waals surface area contributed by atoms with Gasteiger partial charge in [0.05, 0.1) is 0 Å². The SMILES string of the molecule is CC.CC(C)C(=O)C(CCN(C)C(=O)/C=C\C=O)S(=O)(=O)O. The van der Waals surface area contributed by atoms with Gasteiger partial charge in [0.2, 0.25) is 5.91 Å². The summed E-state index contributed by atoms with van der Waals surface area (Å²) in [4.78, 5) is 34.4. The topological polar surface area (TPSA) is 109 Å². The first kappa shape index (κ1) is 22.7. The maximum Gasteiger partial charge on any atom is 0.275 e. The zero-order chi connectivity index (χ0) is 17.9. The summed E-state index contributed by atoms with van der Waals surface area (Å²) in [5.41, 5.74) is 0. The number of Topliss-reactive ketones (excluding diaryl/α,β-unsaturated/α-hetero) is 1. The van der Waals surface area contributed by atoms with Gasteiger partial charge in [-0.15, -0.1) is 0 Å². The third-order valence-electron chi connectivity index (χ3n) is 2.67. The van der Waals surface area contributed by atoms with Crippen LogP contribution in [-0.2, 0) is 24.5 Å². The fourth-order valence-corrected chi connectivity index (χ4v) is 2.45. The lowest BCUT2D eigenvalue weighted by molar-refractivity contribution is -0.126. The van der Waals surface area contributed by atoms with E-state index in [1.165, 1.54) is 20.9 Å². The minimum absolute atomic E-state index is 0.0368. The van der Waals surface area contributed by atoms with Crippen molar-refractivity contribution < 1.29 is 27.4 Å². The van der Waals surface area contributed by atoms with E-state index in [1.807, 2.05) is 13.8 Å². The van der Waals surface area contributed by atoms with Crippen LogP contribution in [-0.4, -0.2) is 54.7 Å². The molecule has 0 radical (unpaired) electrons. The summed E-state index contributed by atoms with van der Waals surface area (Å²) in [6.45, 7) is 7.02. The van der Waals surface area contributed by atoms with E-state index >= 15 is 0 Å². The molecule has 8 heteroatoms. The molecule has 128 valence electrons. The van der Waals surface area contributed by atoms with Crippen molar-refractivity contribution in [2.75, 3.05) is 13.6 Å². The summed E-state index contributed by atoms with van der Waals surface area (Å²) >= 11 is 0. The second-order valence-electron chi connectivity index (χ2n) is 4.60. The van der Waals surface area contributed by atoms with Gasteiger partial charge in [0.15, 0.2) is 5.78 Å². The average Bonchev–Trinajstić information content (AvgIpc) is 2.44. The number of likely N-dealkylation sites (N-methyl/N-ethyl adjacent to an activating group) is 1. The Morgan fingerprint density at radius 3 is 2.09 bits per heavy atom. The van der Waals surface area contributed by atoms with Crippen molar-refractivity contribution in [2.45, 2.75) is 39.4 Å². The molecule has 1 amide bonds. The van der Waals surface area contributed by atoms with Gasteiger partial charge >= 0.3 is 0 Å². The molecule has 0 aliphatic rings. The van der Waals surface area contributed by atoms with Gasteiger partial charge in [-0.1, -0.05) is 27.7 Å². The molecule has 0 aliphatic carbocycles. The maximum absolute atomic E-state index is 11.7. The first-order valence-electron chi connectivity index (χ1n) is 6.98. The van der Waals surface area contributed by atoms with Crippen molar-refractivity contribution in [2.24, 2.45) is 5.92 Å². The van der Waals surface area contributed by atoms with Crippen LogP contribution >= 0.6 is 0 Å². The highest BCUT2D eigenvalue weighted by molar-refractivity contribution is 7.87. The third kappa shape index (κ3) is 8.68. The monoisotopic (exact) mass is 335 g/mol. The van der Waals surface area contributed by atoms with Crippen molar-refractivity contribution in [3.63, 3.8) is 0 Å². The lowest BCUT2D eigenvalue weighted by Gasteiger charge is -2.19. The van der Waals surface area contributed by atoms with E-state index in [9.17, 15) is 22.8 Å². The number of carbonyl (C=O) groups is 3. The molecule has 7 nitrogen and oxygen atoms in total. The van der Waals surface area contributed by atoms with E-state index in [0.29, 0.717) is 6.29 Å². The fourth-order valence-electron chi connectivity index (χ4n) is 1.48. The summed E-state index contributed by atoms with van der Waals surface area (Å²) < 4.78 is 31.5. The standard InChI is InChI=1S/C12H19NO6S.C2H6/c1-9(2)12(16)10(20(17,18)19)6-7-13(3)11(15)5-4-8-14;1-2/h4-5,8-10H,6-7H2,1-3H3,(H,17,18,19);1-2H3/b5-4-;. The van der Waals surface area contributed by atoms with Crippen molar-refractivity contribution in [1.29, 1.82) is 0 Å². The Morgan fingerprint density at radius 2 is 1.73 bits per heavy atom. The van der Waals surface area contributed by atoms with Crippen molar-refractivity contribution in [3.05, 3.63) is 12.2 Å². The van der Waals surface area contributed by atoms with Gasteiger partial charge in [-0.2, -0.15) is 8.42 Å². The first-order valence-corrected chi connectivity index (χ1v) is 8.48. The van der Waals surface area contributed by atoms with E-state index in [1.54, 1.807) is 0 Å². The number of ketones is 1. The number of amides is 1. The van der Waals surface area contributed by atoms with Crippen LogP contribution in [0.15, 0.2) is 12.2 Å². The molecule has 1 N–H and O–H groups in total. The van der Waals surface area contributed by atoms with Crippen molar-refractivity contribution in [1.82, 2.24) is 4.90 Å². The Kier molecular flexibility index (Phi) is 11.5. The first-order chi connectivity index (χ1) is 10.1. The average molecular weight is 335 g/mol. The zero-order valence-corrected chi connectivity index (χ0v) is 14.5. The maximum atomic E-state index is 11.7. The molecule has 0 heterocycles. The van der Waals surface area contributed by atoms with Crippen LogP contribution in [0.3, 0.4) is 0 Å². The number of rotatable bonds is 8. The van der Waals surface area contributed by atoms with Gasteiger partial charge in [-0.05, 0) is 12.5 Å². The molecule has 0 fully saturated rings. The molecule has 1 atom stereocenters. The zero-order valence-electron chi connectivity index (χ0n) is 13.6. The van der Waals surface area contributed by atoms with Gasteiger partial charge < -0.3 is 4.90 Å². The second-order valence-corrected chi connectivity index (χ2v) is 6.20. The molecule has 0 aromatic carbocycles. The molecule has 0 bridgehead atoms.